The summed E-state index contributed by atoms with van der Waals surface area (Å²) in [6, 6.07) is 5.14. The molecule has 0 saturated carbocycles. The van der Waals surface area contributed by atoms with Crippen molar-refractivity contribution in [2.45, 2.75) is 24.9 Å². The minimum atomic E-state index is -0.894. The molecule has 0 aromatic carbocycles. The van der Waals surface area contributed by atoms with Crippen molar-refractivity contribution in [3.05, 3.63) is 45.5 Å². The summed E-state index contributed by atoms with van der Waals surface area (Å²) in [6.07, 6.45) is 3.59. The monoisotopic (exact) mass is 347 g/mol. The average Bonchev–Trinajstić information content (AvgIpc) is 3.25. The zero-order valence-electron chi connectivity index (χ0n) is 13.0. The summed E-state index contributed by atoms with van der Waals surface area (Å²) in [4.78, 5) is 26.8. The second kappa shape index (κ2) is 5.75. The van der Waals surface area contributed by atoms with Crippen LogP contribution in [0.25, 0.3) is 0 Å². The van der Waals surface area contributed by atoms with Gasteiger partial charge in [-0.3, -0.25) is 4.79 Å². The predicted molar refractivity (Wildman–Crippen MR) is 86.5 cm³/mol. The molecule has 1 saturated heterocycles. The van der Waals surface area contributed by atoms with Crippen molar-refractivity contribution < 1.29 is 23.8 Å². The van der Waals surface area contributed by atoms with Gasteiger partial charge in [0.25, 0.3) is 5.91 Å². The Labute approximate surface area is 142 Å². The van der Waals surface area contributed by atoms with Crippen LogP contribution in [0.2, 0.25) is 0 Å². The number of nitrogens with zero attached hydrogens (tertiary/aromatic N) is 1. The molecule has 4 rings (SSSR count). The molecule has 24 heavy (non-hydrogen) atoms. The molecule has 1 amide bonds. The number of furan rings is 1. The molecule has 0 radical (unpaired) electrons. The van der Waals surface area contributed by atoms with Crippen molar-refractivity contribution in [3.63, 3.8) is 0 Å². The molecule has 2 aromatic heterocycles. The molecule has 2 aromatic rings. The minimum Gasteiger partial charge on any atom is -0.477 e. The maximum absolute atomic E-state index is 12.4. The van der Waals surface area contributed by atoms with Crippen molar-refractivity contribution in [1.82, 2.24) is 4.90 Å². The minimum absolute atomic E-state index is 0.108. The summed E-state index contributed by atoms with van der Waals surface area (Å²) in [5.41, 5.74) is 0.626. The number of rotatable bonds is 2. The van der Waals surface area contributed by atoms with Crippen LogP contribution < -0.4 is 0 Å². The SMILES string of the molecule is O=C(O)c1cc2c(s1)C1(CCN(C(=O)c3ccco3)CC1)OCC2. The van der Waals surface area contributed by atoms with Crippen molar-refractivity contribution >= 4 is 23.2 Å². The highest BCUT2D eigenvalue weighted by atomic mass is 32.1. The highest BCUT2D eigenvalue weighted by Crippen LogP contribution is 2.45. The van der Waals surface area contributed by atoms with E-state index in [2.05, 4.69) is 0 Å². The number of carboxylic acids is 1. The number of hydrogen-bond donors (Lipinski definition) is 1. The van der Waals surface area contributed by atoms with Crippen LogP contribution in [0.15, 0.2) is 28.9 Å². The summed E-state index contributed by atoms with van der Waals surface area (Å²) < 4.78 is 11.3. The summed E-state index contributed by atoms with van der Waals surface area (Å²) in [6.45, 7) is 1.73. The molecular formula is C17H17NO5S. The second-order valence-corrected chi connectivity index (χ2v) is 7.18. The largest absolute Gasteiger partial charge is 0.477 e. The van der Waals surface area contributed by atoms with Gasteiger partial charge in [-0.1, -0.05) is 0 Å². The molecule has 0 bridgehead atoms. The number of hydrogen-bond acceptors (Lipinski definition) is 5. The van der Waals surface area contributed by atoms with Crippen LogP contribution in [0, 0.1) is 0 Å². The molecule has 2 aliphatic heterocycles. The number of ether oxygens (including phenoxy) is 1. The number of thiophene rings is 1. The van der Waals surface area contributed by atoms with E-state index in [-0.39, 0.29) is 5.91 Å². The summed E-state index contributed by atoms with van der Waals surface area (Å²) in [7, 11) is 0. The zero-order valence-corrected chi connectivity index (χ0v) is 13.8. The lowest BCUT2D eigenvalue weighted by molar-refractivity contribution is -0.0908. The number of aromatic carboxylic acids is 1. The zero-order chi connectivity index (χ0) is 16.7. The van der Waals surface area contributed by atoms with Gasteiger partial charge in [0.05, 0.1) is 12.9 Å². The van der Waals surface area contributed by atoms with Gasteiger partial charge in [0, 0.05) is 18.0 Å². The van der Waals surface area contributed by atoms with Gasteiger partial charge in [0.2, 0.25) is 0 Å². The van der Waals surface area contributed by atoms with Crippen molar-refractivity contribution in [2.75, 3.05) is 19.7 Å². The van der Waals surface area contributed by atoms with E-state index in [1.54, 1.807) is 23.1 Å². The first-order chi connectivity index (χ1) is 11.6. The Bertz CT molecular complexity index is 771. The molecule has 0 atom stereocenters. The standard InChI is InChI=1S/C17H17NO5S/c19-15(12-2-1-8-22-12)18-6-4-17(5-7-18)14-11(3-9-23-17)10-13(24-14)16(20)21/h1-2,8,10H,3-7,9H2,(H,20,21). The molecular weight excluding hydrogens is 330 g/mol. The van der Waals surface area contributed by atoms with E-state index in [1.165, 1.54) is 17.6 Å². The van der Waals surface area contributed by atoms with E-state index in [4.69, 9.17) is 9.15 Å². The fraction of sp³-hybridized carbons (Fsp3) is 0.412. The van der Waals surface area contributed by atoms with Gasteiger partial charge in [-0.05, 0) is 43.0 Å². The predicted octanol–water partition coefficient (Wildman–Crippen LogP) is 2.74. The van der Waals surface area contributed by atoms with Crippen LogP contribution in [0.1, 0.15) is 43.5 Å². The molecule has 7 heteroatoms. The number of likely N-dealkylation sites (tertiary alicyclic amines) is 1. The third-order valence-corrected chi connectivity index (χ3v) is 6.12. The molecule has 126 valence electrons. The lowest BCUT2D eigenvalue weighted by Crippen LogP contribution is -2.47. The van der Waals surface area contributed by atoms with Crippen molar-refractivity contribution in [3.8, 4) is 0 Å². The molecule has 4 heterocycles. The summed E-state index contributed by atoms with van der Waals surface area (Å²) >= 11 is 1.31. The van der Waals surface area contributed by atoms with Gasteiger partial charge in [0.15, 0.2) is 5.76 Å². The van der Waals surface area contributed by atoms with Crippen molar-refractivity contribution in [2.24, 2.45) is 0 Å². The Hall–Kier alpha value is -2.12. The van der Waals surface area contributed by atoms with Gasteiger partial charge in [-0.15, -0.1) is 11.3 Å². The smallest absolute Gasteiger partial charge is 0.345 e. The van der Waals surface area contributed by atoms with E-state index in [0.29, 0.717) is 43.2 Å². The number of carboxylic acid groups (broad SMARTS) is 1. The number of fused-ring (bicyclic) bond motifs is 2. The number of carbonyl (C=O) groups excluding carboxylic acids is 1. The molecule has 6 nitrogen and oxygen atoms in total. The maximum Gasteiger partial charge on any atom is 0.345 e. The number of piperidine rings is 1. The molecule has 1 spiro atoms. The Morgan fingerprint density at radius 2 is 2.08 bits per heavy atom. The first kappa shape index (κ1) is 15.4. The van der Waals surface area contributed by atoms with E-state index in [1.807, 2.05) is 0 Å². The van der Waals surface area contributed by atoms with Gasteiger partial charge < -0.3 is 19.2 Å². The third-order valence-electron chi connectivity index (χ3n) is 4.77. The van der Waals surface area contributed by atoms with Gasteiger partial charge in [0.1, 0.15) is 10.5 Å². The molecule has 1 fully saturated rings. The van der Waals surface area contributed by atoms with Crippen LogP contribution >= 0.6 is 11.3 Å². The Kier molecular flexibility index (Phi) is 3.69. The van der Waals surface area contributed by atoms with Crippen LogP contribution in [-0.4, -0.2) is 41.6 Å². The lowest BCUT2D eigenvalue weighted by Gasteiger charge is -2.43. The summed E-state index contributed by atoms with van der Waals surface area (Å²) in [5.74, 6) is -0.654. The normalized spacial score (nSPS) is 19.2. The highest BCUT2D eigenvalue weighted by Gasteiger charge is 2.43. The van der Waals surface area contributed by atoms with Crippen molar-refractivity contribution in [1.29, 1.82) is 0 Å². The Morgan fingerprint density at radius 3 is 2.75 bits per heavy atom. The number of amides is 1. The fourth-order valence-corrected chi connectivity index (χ4v) is 4.78. The first-order valence-electron chi connectivity index (χ1n) is 7.92. The van der Waals surface area contributed by atoms with E-state index >= 15 is 0 Å². The Balaban J connectivity index is 1.55. The quantitative estimate of drug-likeness (QED) is 0.903. The topological polar surface area (TPSA) is 80.0 Å². The van der Waals surface area contributed by atoms with Gasteiger partial charge in [-0.2, -0.15) is 0 Å². The highest BCUT2D eigenvalue weighted by molar-refractivity contribution is 7.14. The van der Waals surface area contributed by atoms with Crippen LogP contribution in [0.3, 0.4) is 0 Å². The lowest BCUT2D eigenvalue weighted by atomic mass is 9.85. The van der Waals surface area contributed by atoms with Gasteiger partial charge in [-0.25, -0.2) is 4.79 Å². The summed E-state index contributed by atoms with van der Waals surface area (Å²) in [5, 5.41) is 9.25. The first-order valence-corrected chi connectivity index (χ1v) is 8.74. The molecule has 1 N–H and O–H groups in total. The molecule has 0 aliphatic carbocycles. The second-order valence-electron chi connectivity index (χ2n) is 6.13. The van der Waals surface area contributed by atoms with Crippen LogP contribution in [0.5, 0.6) is 0 Å². The average molecular weight is 347 g/mol. The van der Waals surface area contributed by atoms with Crippen LogP contribution in [0.4, 0.5) is 0 Å². The van der Waals surface area contributed by atoms with E-state index < -0.39 is 11.6 Å². The fourth-order valence-electron chi connectivity index (χ4n) is 3.53. The number of carbonyl (C=O) groups is 2. The molecule has 2 aliphatic rings. The van der Waals surface area contributed by atoms with Gasteiger partial charge >= 0.3 is 5.97 Å². The Morgan fingerprint density at radius 1 is 1.29 bits per heavy atom. The van der Waals surface area contributed by atoms with E-state index in [9.17, 15) is 14.7 Å². The third kappa shape index (κ3) is 2.44. The maximum atomic E-state index is 12.4. The molecule has 0 unspecified atom stereocenters. The van der Waals surface area contributed by atoms with Crippen LogP contribution in [-0.2, 0) is 16.8 Å². The van der Waals surface area contributed by atoms with E-state index in [0.717, 1.165) is 16.9 Å².